The fourth-order valence-corrected chi connectivity index (χ4v) is 2.08. The molecule has 1 atom stereocenters. The minimum absolute atomic E-state index is 0.0108. The number of halogens is 1. The molecule has 18 heavy (non-hydrogen) atoms. The van der Waals surface area contributed by atoms with Gasteiger partial charge in [0.1, 0.15) is 5.15 Å². The van der Waals surface area contributed by atoms with Crippen molar-refractivity contribution in [3.63, 3.8) is 0 Å². The van der Waals surface area contributed by atoms with Crippen LogP contribution in [0.4, 0.5) is 0 Å². The molecule has 1 aromatic rings. The summed E-state index contributed by atoms with van der Waals surface area (Å²) < 4.78 is 0. The van der Waals surface area contributed by atoms with Gasteiger partial charge in [0.25, 0.3) is 0 Å². The number of hydrogen-bond donors (Lipinski definition) is 2. The van der Waals surface area contributed by atoms with Crippen LogP contribution in [0.5, 0.6) is 0 Å². The standard InChI is InChI=1S/C14H23ClN2O/c1-11(12-6-4-8-17-13(12)15)16-9-5-7-14(2,3)10-18/h4,6,8,11,16,18H,5,7,9-10H2,1-3H3. The Hall–Kier alpha value is -0.640. The van der Waals surface area contributed by atoms with Crippen LogP contribution in [0, 0.1) is 5.41 Å². The molecule has 0 saturated heterocycles. The molecular weight excluding hydrogens is 248 g/mol. The molecule has 0 saturated carbocycles. The van der Waals surface area contributed by atoms with Gasteiger partial charge in [0, 0.05) is 24.4 Å². The van der Waals surface area contributed by atoms with E-state index in [9.17, 15) is 5.11 Å². The number of nitrogens with one attached hydrogen (secondary N) is 1. The summed E-state index contributed by atoms with van der Waals surface area (Å²) >= 11 is 6.04. The Morgan fingerprint density at radius 3 is 2.83 bits per heavy atom. The molecule has 3 nitrogen and oxygen atoms in total. The van der Waals surface area contributed by atoms with E-state index < -0.39 is 0 Å². The maximum absolute atomic E-state index is 9.17. The van der Waals surface area contributed by atoms with E-state index in [4.69, 9.17) is 11.6 Å². The monoisotopic (exact) mass is 270 g/mol. The molecule has 0 aliphatic heterocycles. The maximum atomic E-state index is 9.17. The fraction of sp³-hybridized carbons (Fsp3) is 0.643. The highest BCUT2D eigenvalue weighted by atomic mass is 35.5. The van der Waals surface area contributed by atoms with Crippen molar-refractivity contribution in [1.29, 1.82) is 0 Å². The van der Waals surface area contributed by atoms with Crippen molar-refractivity contribution in [2.24, 2.45) is 5.41 Å². The van der Waals surface area contributed by atoms with E-state index in [1.165, 1.54) is 0 Å². The van der Waals surface area contributed by atoms with Crippen molar-refractivity contribution in [3.05, 3.63) is 29.0 Å². The Kier molecular flexibility index (Phi) is 6.06. The molecule has 4 heteroatoms. The lowest BCUT2D eigenvalue weighted by Crippen LogP contribution is -2.23. The van der Waals surface area contributed by atoms with Gasteiger partial charge >= 0.3 is 0 Å². The van der Waals surface area contributed by atoms with Crippen molar-refractivity contribution in [3.8, 4) is 0 Å². The van der Waals surface area contributed by atoms with Crippen LogP contribution < -0.4 is 5.32 Å². The molecule has 0 fully saturated rings. The highest BCUT2D eigenvalue weighted by Crippen LogP contribution is 2.22. The minimum Gasteiger partial charge on any atom is -0.396 e. The van der Waals surface area contributed by atoms with E-state index >= 15 is 0 Å². The van der Waals surface area contributed by atoms with Crippen LogP contribution in [-0.4, -0.2) is 23.2 Å². The first-order valence-electron chi connectivity index (χ1n) is 6.41. The van der Waals surface area contributed by atoms with E-state index in [1.54, 1.807) is 6.20 Å². The van der Waals surface area contributed by atoms with Crippen molar-refractivity contribution < 1.29 is 5.11 Å². The van der Waals surface area contributed by atoms with Gasteiger partial charge in [-0.2, -0.15) is 0 Å². The molecule has 1 unspecified atom stereocenters. The summed E-state index contributed by atoms with van der Waals surface area (Å²) in [5, 5.41) is 13.2. The van der Waals surface area contributed by atoms with E-state index in [1.807, 2.05) is 12.1 Å². The van der Waals surface area contributed by atoms with Gasteiger partial charge in [0.15, 0.2) is 0 Å². The highest BCUT2D eigenvalue weighted by Gasteiger charge is 2.16. The summed E-state index contributed by atoms with van der Waals surface area (Å²) in [6, 6.07) is 4.09. The van der Waals surface area contributed by atoms with Gasteiger partial charge in [-0.05, 0) is 37.8 Å². The number of pyridine rings is 1. The first kappa shape index (κ1) is 15.4. The van der Waals surface area contributed by atoms with Crippen molar-refractivity contribution in [2.45, 2.75) is 39.7 Å². The number of aliphatic hydroxyl groups excluding tert-OH is 1. The molecule has 1 aromatic heterocycles. The SMILES string of the molecule is CC(NCCCC(C)(C)CO)c1cccnc1Cl. The molecule has 1 heterocycles. The lowest BCUT2D eigenvalue weighted by Gasteiger charge is -2.22. The second kappa shape index (κ2) is 7.07. The Labute approximate surface area is 115 Å². The molecule has 0 spiro atoms. The molecular formula is C14H23ClN2O. The van der Waals surface area contributed by atoms with E-state index in [0.717, 1.165) is 24.9 Å². The van der Waals surface area contributed by atoms with E-state index in [2.05, 4.69) is 31.1 Å². The van der Waals surface area contributed by atoms with Crippen molar-refractivity contribution in [2.75, 3.05) is 13.2 Å². The van der Waals surface area contributed by atoms with Crippen LogP contribution >= 0.6 is 11.6 Å². The zero-order valence-corrected chi connectivity index (χ0v) is 12.2. The Balaban J connectivity index is 2.34. The zero-order valence-electron chi connectivity index (χ0n) is 11.4. The average molecular weight is 271 g/mol. The second-order valence-electron chi connectivity index (χ2n) is 5.49. The topological polar surface area (TPSA) is 45.1 Å². The Morgan fingerprint density at radius 2 is 2.22 bits per heavy atom. The number of nitrogens with zero attached hydrogens (tertiary/aromatic N) is 1. The van der Waals surface area contributed by atoms with E-state index in [-0.39, 0.29) is 18.1 Å². The third-order valence-electron chi connectivity index (χ3n) is 3.16. The third-order valence-corrected chi connectivity index (χ3v) is 3.48. The van der Waals surface area contributed by atoms with Gasteiger partial charge in [-0.1, -0.05) is 31.5 Å². The van der Waals surface area contributed by atoms with E-state index in [0.29, 0.717) is 5.15 Å². The van der Waals surface area contributed by atoms with Gasteiger partial charge in [0.2, 0.25) is 0 Å². The summed E-state index contributed by atoms with van der Waals surface area (Å²) in [6.45, 7) is 7.38. The molecule has 0 amide bonds. The van der Waals surface area contributed by atoms with Gasteiger partial charge in [-0.15, -0.1) is 0 Å². The predicted octanol–water partition coefficient (Wildman–Crippen LogP) is 3.18. The first-order chi connectivity index (χ1) is 8.46. The molecule has 0 aliphatic rings. The summed E-state index contributed by atoms with van der Waals surface area (Å²) in [6.07, 6.45) is 3.74. The van der Waals surface area contributed by atoms with Crippen LogP contribution in [0.3, 0.4) is 0 Å². The lowest BCUT2D eigenvalue weighted by molar-refractivity contribution is 0.147. The van der Waals surface area contributed by atoms with Crippen LogP contribution in [0.15, 0.2) is 18.3 Å². The molecule has 0 radical (unpaired) electrons. The van der Waals surface area contributed by atoms with Gasteiger partial charge in [-0.3, -0.25) is 0 Å². The average Bonchev–Trinajstić information content (AvgIpc) is 2.35. The Bertz CT molecular complexity index is 369. The van der Waals surface area contributed by atoms with Gasteiger partial charge < -0.3 is 10.4 Å². The summed E-state index contributed by atoms with van der Waals surface area (Å²) in [5.74, 6) is 0. The molecule has 1 rings (SSSR count). The summed E-state index contributed by atoms with van der Waals surface area (Å²) in [7, 11) is 0. The molecule has 0 bridgehead atoms. The van der Waals surface area contributed by atoms with Crippen LogP contribution in [0.25, 0.3) is 0 Å². The van der Waals surface area contributed by atoms with Crippen LogP contribution in [0.1, 0.15) is 45.2 Å². The van der Waals surface area contributed by atoms with Crippen molar-refractivity contribution in [1.82, 2.24) is 10.3 Å². The van der Waals surface area contributed by atoms with Gasteiger partial charge in [0.05, 0.1) is 0 Å². The number of aromatic nitrogens is 1. The first-order valence-corrected chi connectivity index (χ1v) is 6.79. The summed E-state index contributed by atoms with van der Waals surface area (Å²) in [4.78, 5) is 4.07. The predicted molar refractivity (Wildman–Crippen MR) is 75.8 cm³/mol. The molecule has 102 valence electrons. The molecule has 0 aliphatic carbocycles. The Morgan fingerprint density at radius 1 is 1.50 bits per heavy atom. The van der Waals surface area contributed by atoms with Crippen LogP contribution in [0.2, 0.25) is 5.15 Å². The minimum atomic E-state index is 0.0108. The largest absolute Gasteiger partial charge is 0.396 e. The summed E-state index contributed by atoms with van der Waals surface area (Å²) in [5.41, 5.74) is 1.04. The lowest BCUT2D eigenvalue weighted by atomic mass is 9.89. The fourth-order valence-electron chi connectivity index (χ4n) is 1.80. The number of aliphatic hydroxyl groups is 1. The van der Waals surface area contributed by atoms with Gasteiger partial charge in [-0.25, -0.2) is 4.98 Å². The van der Waals surface area contributed by atoms with Crippen LogP contribution in [-0.2, 0) is 0 Å². The number of rotatable bonds is 7. The zero-order chi connectivity index (χ0) is 13.6. The normalized spacial score (nSPS) is 13.6. The second-order valence-corrected chi connectivity index (χ2v) is 5.84. The third kappa shape index (κ3) is 4.92. The maximum Gasteiger partial charge on any atom is 0.133 e. The molecule has 2 N–H and O–H groups in total. The quantitative estimate of drug-likeness (QED) is 0.591. The number of hydrogen-bond acceptors (Lipinski definition) is 3. The smallest absolute Gasteiger partial charge is 0.133 e. The highest BCUT2D eigenvalue weighted by molar-refractivity contribution is 6.30. The molecule has 0 aromatic carbocycles. The van der Waals surface area contributed by atoms with Crippen molar-refractivity contribution >= 4 is 11.6 Å².